The highest BCUT2D eigenvalue weighted by atomic mass is 19.1. The van der Waals surface area contributed by atoms with Gasteiger partial charge in [0.2, 0.25) is 0 Å². The lowest BCUT2D eigenvalue weighted by molar-refractivity contribution is 0.350. The van der Waals surface area contributed by atoms with Crippen LogP contribution in [0.1, 0.15) is 5.56 Å². The Bertz CT molecular complexity index is 284. The second-order valence-electron chi connectivity index (χ2n) is 2.41. The maximum absolute atomic E-state index is 12.9. The Hall–Kier alpha value is -1.25. The maximum Gasteiger partial charge on any atom is 0.166 e. The minimum atomic E-state index is -0.285. The van der Waals surface area contributed by atoms with Gasteiger partial charge in [0.15, 0.2) is 11.5 Å². The normalized spacial score (nSPS) is 9.67. The van der Waals surface area contributed by atoms with Crippen LogP contribution in [0, 0.1) is 12.7 Å². The zero-order valence-corrected chi connectivity index (χ0v) is 7.35. The summed E-state index contributed by atoms with van der Waals surface area (Å²) in [5, 5.41) is 0. The molecule has 0 aliphatic rings. The first-order valence-corrected chi connectivity index (χ1v) is 3.57. The fraction of sp³-hybridized carbons (Fsp3) is 0.333. The summed E-state index contributed by atoms with van der Waals surface area (Å²) >= 11 is 0. The van der Waals surface area contributed by atoms with Crippen LogP contribution >= 0.6 is 0 Å². The number of benzene rings is 1. The van der Waals surface area contributed by atoms with Gasteiger partial charge >= 0.3 is 0 Å². The summed E-state index contributed by atoms with van der Waals surface area (Å²) in [6, 6.07) is 2.90. The first-order chi connectivity index (χ1) is 5.70. The van der Waals surface area contributed by atoms with Gasteiger partial charge in [0.25, 0.3) is 0 Å². The van der Waals surface area contributed by atoms with Crippen molar-refractivity contribution < 1.29 is 13.9 Å². The summed E-state index contributed by atoms with van der Waals surface area (Å²) in [7, 11) is 3.01. The number of halogens is 1. The largest absolute Gasteiger partial charge is 0.493 e. The summed E-state index contributed by atoms with van der Waals surface area (Å²) in [4.78, 5) is 0. The van der Waals surface area contributed by atoms with Crippen LogP contribution in [-0.2, 0) is 0 Å². The van der Waals surface area contributed by atoms with Gasteiger partial charge in [-0.2, -0.15) is 0 Å². The quantitative estimate of drug-likeness (QED) is 0.677. The summed E-state index contributed by atoms with van der Waals surface area (Å²) in [6.07, 6.45) is 0. The zero-order valence-electron chi connectivity index (χ0n) is 7.35. The molecule has 0 atom stereocenters. The van der Waals surface area contributed by atoms with Gasteiger partial charge < -0.3 is 9.47 Å². The van der Waals surface area contributed by atoms with Crippen LogP contribution in [0.25, 0.3) is 0 Å². The van der Waals surface area contributed by atoms with Gasteiger partial charge in [0, 0.05) is 5.56 Å². The molecule has 0 radical (unpaired) electrons. The van der Waals surface area contributed by atoms with Gasteiger partial charge in [-0.1, -0.05) is 0 Å². The Kier molecular flexibility index (Phi) is 2.53. The number of ether oxygens (including phenoxy) is 2. The zero-order chi connectivity index (χ0) is 9.14. The highest BCUT2D eigenvalue weighted by Crippen LogP contribution is 2.31. The molecule has 0 saturated heterocycles. The standard InChI is InChI=1S/C9H11FO2/c1-6-7(10)4-5-8(11-2)9(6)12-3/h4-5H,1-3H3. The number of hydrogen-bond acceptors (Lipinski definition) is 2. The molecule has 0 unspecified atom stereocenters. The third-order valence-electron chi connectivity index (χ3n) is 1.73. The smallest absolute Gasteiger partial charge is 0.166 e. The van der Waals surface area contributed by atoms with Crippen LogP contribution in [0.4, 0.5) is 4.39 Å². The highest BCUT2D eigenvalue weighted by molar-refractivity contribution is 5.46. The molecule has 3 heteroatoms. The highest BCUT2D eigenvalue weighted by Gasteiger charge is 2.09. The van der Waals surface area contributed by atoms with Crippen molar-refractivity contribution in [2.24, 2.45) is 0 Å². The summed E-state index contributed by atoms with van der Waals surface area (Å²) < 4.78 is 22.9. The van der Waals surface area contributed by atoms with Gasteiger partial charge in [-0.3, -0.25) is 0 Å². The minimum absolute atomic E-state index is 0.285. The Labute approximate surface area is 70.9 Å². The van der Waals surface area contributed by atoms with Crippen molar-refractivity contribution >= 4 is 0 Å². The molecule has 0 heterocycles. The predicted octanol–water partition coefficient (Wildman–Crippen LogP) is 2.15. The van der Waals surface area contributed by atoms with Crippen molar-refractivity contribution in [3.8, 4) is 11.5 Å². The third-order valence-corrected chi connectivity index (χ3v) is 1.73. The van der Waals surface area contributed by atoms with Crippen molar-refractivity contribution in [3.05, 3.63) is 23.5 Å². The van der Waals surface area contributed by atoms with Gasteiger partial charge in [-0.05, 0) is 19.1 Å². The monoisotopic (exact) mass is 170 g/mol. The van der Waals surface area contributed by atoms with Crippen molar-refractivity contribution in [1.82, 2.24) is 0 Å². The molecule has 1 aromatic rings. The van der Waals surface area contributed by atoms with E-state index in [1.807, 2.05) is 0 Å². The fourth-order valence-corrected chi connectivity index (χ4v) is 1.06. The minimum Gasteiger partial charge on any atom is -0.493 e. The van der Waals surface area contributed by atoms with Crippen LogP contribution in [0.15, 0.2) is 12.1 Å². The molecule has 66 valence electrons. The van der Waals surface area contributed by atoms with Gasteiger partial charge in [-0.15, -0.1) is 0 Å². The van der Waals surface area contributed by atoms with Crippen LogP contribution in [-0.4, -0.2) is 14.2 Å². The van der Waals surface area contributed by atoms with E-state index in [4.69, 9.17) is 9.47 Å². The molecule has 0 spiro atoms. The molecule has 0 aromatic heterocycles. The van der Waals surface area contributed by atoms with E-state index < -0.39 is 0 Å². The molecule has 0 amide bonds. The van der Waals surface area contributed by atoms with Crippen LogP contribution in [0.2, 0.25) is 0 Å². The average molecular weight is 170 g/mol. The van der Waals surface area contributed by atoms with E-state index in [0.29, 0.717) is 17.1 Å². The van der Waals surface area contributed by atoms with E-state index in [1.54, 1.807) is 13.0 Å². The van der Waals surface area contributed by atoms with Crippen molar-refractivity contribution in [1.29, 1.82) is 0 Å². The SMILES string of the molecule is COc1ccc(F)c(C)c1OC. The second kappa shape index (κ2) is 3.43. The number of methoxy groups -OCH3 is 2. The molecule has 1 rings (SSSR count). The topological polar surface area (TPSA) is 18.5 Å². The van der Waals surface area contributed by atoms with E-state index in [2.05, 4.69) is 0 Å². The van der Waals surface area contributed by atoms with E-state index in [9.17, 15) is 4.39 Å². The second-order valence-corrected chi connectivity index (χ2v) is 2.41. The molecule has 12 heavy (non-hydrogen) atoms. The lowest BCUT2D eigenvalue weighted by Crippen LogP contribution is -1.94. The van der Waals surface area contributed by atoms with Gasteiger partial charge in [-0.25, -0.2) is 4.39 Å². The Morgan fingerprint density at radius 3 is 2.33 bits per heavy atom. The van der Waals surface area contributed by atoms with Crippen molar-refractivity contribution in [2.45, 2.75) is 6.92 Å². The molecule has 0 fully saturated rings. The molecule has 0 aliphatic carbocycles. The van der Waals surface area contributed by atoms with E-state index in [0.717, 1.165) is 0 Å². The lowest BCUT2D eigenvalue weighted by atomic mass is 10.2. The summed E-state index contributed by atoms with van der Waals surface area (Å²) in [6.45, 7) is 1.65. The van der Waals surface area contributed by atoms with Crippen molar-refractivity contribution in [2.75, 3.05) is 14.2 Å². The summed E-state index contributed by atoms with van der Waals surface area (Å²) in [5.41, 5.74) is 0.469. The number of rotatable bonds is 2. The third kappa shape index (κ3) is 1.35. The first-order valence-electron chi connectivity index (χ1n) is 3.57. The molecular formula is C9H11FO2. The van der Waals surface area contributed by atoms with Crippen LogP contribution in [0.5, 0.6) is 11.5 Å². The molecular weight excluding hydrogens is 159 g/mol. The Morgan fingerprint density at radius 2 is 1.83 bits per heavy atom. The van der Waals surface area contributed by atoms with E-state index >= 15 is 0 Å². The maximum atomic E-state index is 12.9. The molecule has 0 saturated carbocycles. The van der Waals surface area contributed by atoms with E-state index in [1.165, 1.54) is 20.3 Å². The molecule has 0 bridgehead atoms. The van der Waals surface area contributed by atoms with Crippen LogP contribution < -0.4 is 9.47 Å². The summed E-state index contributed by atoms with van der Waals surface area (Å²) in [5.74, 6) is 0.724. The van der Waals surface area contributed by atoms with Crippen LogP contribution in [0.3, 0.4) is 0 Å². The Morgan fingerprint density at radius 1 is 1.17 bits per heavy atom. The van der Waals surface area contributed by atoms with E-state index in [-0.39, 0.29) is 5.82 Å². The first kappa shape index (κ1) is 8.84. The fourth-order valence-electron chi connectivity index (χ4n) is 1.06. The van der Waals surface area contributed by atoms with Gasteiger partial charge in [0.05, 0.1) is 14.2 Å². The lowest BCUT2D eigenvalue weighted by Gasteiger charge is -2.09. The average Bonchev–Trinajstić information content (AvgIpc) is 2.09. The molecule has 1 aromatic carbocycles. The molecule has 2 nitrogen and oxygen atoms in total. The van der Waals surface area contributed by atoms with Crippen molar-refractivity contribution in [3.63, 3.8) is 0 Å². The number of hydrogen-bond donors (Lipinski definition) is 0. The molecule has 0 aliphatic heterocycles. The Balaban J connectivity index is 3.25. The predicted molar refractivity (Wildman–Crippen MR) is 44.2 cm³/mol. The van der Waals surface area contributed by atoms with Gasteiger partial charge in [0.1, 0.15) is 5.82 Å². The molecule has 0 N–H and O–H groups in total.